The average molecular weight is 924 g/mol. The average Bonchev–Trinajstić information content (AvgIpc) is 3.94. The molecule has 0 bridgehead atoms. The van der Waals surface area contributed by atoms with Crippen molar-refractivity contribution in [3.05, 3.63) is 95.0 Å². The van der Waals surface area contributed by atoms with Crippen molar-refractivity contribution in [1.82, 2.24) is 41.1 Å². The van der Waals surface area contributed by atoms with Crippen LogP contribution in [-0.2, 0) is 36.8 Å². The Hall–Kier alpha value is -6.79. The molecule has 0 radical (unpaired) electrons. The van der Waals surface area contributed by atoms with Gasteiger partial charge >= 0.3 is 0 Å². The van der Waals surface area contributed by atoms with E-state index in [-0.39, 0.29) is 24.7 Å². The molecule has 3 heterocycles. The second kappa shape index (κ2) is 29.7. The molecule has 3 aromatic rings. The number of hydrogen-bond donors (Lipinski definition) is 7. The van der Waals surface area contributed by atoms with E-state index >= 15 is 0 Å². The predicted molar refractivity (Wildman–Crippen MR) is 262 cm³/mol. The highest BCUT2D eigenvalue weighted by Crippen LogP contribution is 2.34. The van der Waals surface area contributed by atoms with Gasteiger partial charge in [0.1, 0.15) is 30.3 Å². The Kier molecular flexibility index (Phi) is 24.2. The van der Waals surface area contributed by atoms with Crippen molar-refractivity contribution in [3.63, 3.8) is 0 Å². The van der Waals surface area contributed by atoms with Gasteiger partial charge in [0.05, 0.1) is 11.6 Å². The van der Waals surface area contributed by atoms with Crippen LogP contribution in [0.1, 0.15) is 93.3 Å². The summed E-state index contributed by atoms with van der Waals surface area (Å²) in [6.07, 6.45) is 13.8. The van der Waals surface area contributed by atoms with Crippen LogP contribution in [0.15, 0.2) is 78.2 Å². The molecule has 1 aliphatic heterocycles. The number of unbranched alkanes of at least 4 members (excludes halogenated alkanes) is 3. The summed E-state index contributed by atoms with van der Waals surface area (Å²) in [7, 11) is 4.45. The van der Waals surface area contributed by atoms with Crippen molar-refractivity contribution >= 4 is 65.7 Å². The number of aliphatic hydroxyl groups is 1. The number of nitrogens with one attached hydrogen (secondary N) is 6. The van der Waals surface area contributed by atoms with E-state index in [1.807, 2.05) is 52.0 Å². The molecule has 0 fully saturated rings. The highest BCUT2D eigenvalue weighted by Gasteiger charge is 2.44. The molecular weight excluding hydrogens is 855 g/mol. The van der Waals surface area contributed by atoms with E-state index in [0.717, 1.165) is 93.7 Å². The van der Waals surface area contributed by atoms with Crippen molar-refractivity contribution in [1.29, 1.82) is 0 Å². The minimum atomic E-state index is -0.983. The normalized spacial score (nSPS) is 13.7. The largest absolute Gasteiger partial charge is 0.400 e. The number of fused-ring (bicyclic) bond motifs is 1. The van der Waals surface area contributed by atoms with E-state index in [2.05, 4.69) is 71.5 Å². The molecule has 3 aliphatic rings. The van der Waals surface area contributed by atoms with Crippen LogP contribution in [0, 0.1) is 0 Å². The van der Waals surface area contributed by atoms with Crippen LogP contribution in [0.3, 0.4) is 0 Å². The summed E-state index contributed by atoms with van der Waals surface area (Å²) in [5.41, 5.74) is 5.94. The standard InChI is InChI=1S/C45H57N11O5.C2H6.CH4O.CH2O/c1-4-23-49-42(59)35-28-50-45(54-41(35)53-38-21-15-30-11-9-13-36(30)52-38)51-31-16-18-32(19-17-31)55(27-25-46-2)26-8-6-5-7-24-48-37-14-10-12-34-40(37)44(61)56(43(34)60)33(29-57)20-22-39(58)47-3;3*1-2/h4,14-19,21,28-29,33,46,48H,1,5-13,20,22-27H2,2-3H3,(H,47,58)(H,49,59)(H2,50,51,52,53,54);1-2H3;2H,1H3;1H2. The van der Waals surface area contributed by atoms with Gasteiger partial charge in [-0.05, 0) is 94.3 Å². The molecule has 2 aliphatic carbocycles. The fraction of sp³-hybridized carbons (Fsp3) is 0.449. The highest BCUT2D eigenvalue weighted by atomic mass is 16.2. The SMILES string of the molecule is C=CCNC(=O)c1cnc(Nc2ccc(N(CCCCCCNC3=CCCC4=C3C(=O)N(C(C=O)CCC(=O)NC)C4=O)CCNC)cc2)nc1Nc1ccc2c(n1)CCC2.C=O.CC.CO. The van der Waals surface area contributed by atoms with Gasteiger partial charge in [0.15, 0.2) is 0 Å². The molecule has 0 saturated carbocycles. The molecule has 6 rings (SSSR count). The molecule has 4 amide bonds. The van der Waals surface area contributed by atoms with Gasteiger partial charge in [-0.15, -0.1) is 6.58 Å². The first-order valence-corrected chi connectivity index (χ1v) is 23.0. The minimum Gasteiger partial charge on any atom is -0.400 e. The number of carbonyl (C=O) groups is 6. The summed E-state index contributed by atoms with van der Waals surface area (Å²) in [5, 5.41) is 25.5. The number of nitrogens with zero attached hydrogens (tertiary/aromatic N) is 5. The Morgan fingerprint density at radius 2 is 1.66 bits per heavy atom. The van der Waals surface area contributed by atoms with Crippen molar-refractivity contribution in [2.75, 3.05) is 69.5 Å². The topological polar surface area (TPSA) is 240 Å². The van der Waals surface area contributed by atoms with Crippen LogP contribution in [0.5, 0.6) is 0 Å². The maximum absolute atomic E-state index is 13.4. The van der Waals surface area contributed by atoms with Gasteiger partial charge in [-0.1, -0.05) is 44.9 Å². The molecule has 18 nitrogen and oxygen atoms in total. The van der Waals surface area contributed by atoms with Gasteiger partial charge < -0.3 is 51.5 Å². The summed E-state index contributed by atoms with van der Waals surface area (Å²) >= 11 is 0. The zero-order chi connectivity index (χ0) is 49.1. The van der Waals surface area contributed by atoms with Crippen LogP contribution in [0.25, 0.3) is 0 Å². The molecule has 7 N–H and O–H groups in total. The second-order valence-corrected chi connectivity index (χ2v) is 15.2. The first-order chi connectivity index (χ1) is 32.7. The number of allylic oxidation sites excluding steroid dienone is 1. The van der Waals surface area contributed by atoms with E-state index in [9.17, 15) is 24.0 Å². The zero-order valence-electron chi connectivity index (χ0n) is 39.7. The maximum atomic E-state index is 13.4. The number of aldehydes is 1. The molecule has 1 atom stereocenters. The molecule has 0 saturated heterocycles. The summed E-state index contributed by atoms with van der Waals surface area (Å²) in [4.78, 5) is 88.6. The van der Waals surface area contributed by atoms with E-state index in [1.165, 1.54) is 18.8 Å². The van der Waals surface area contributed by atoms with E-state index in [1.54, 1.807) is 6.08 Å². The Morgan fingerprint density at radius 3 is 2.36 bits per heavy atom. The molecule has 18 heteroatoms. The fourth-order valence-corrected chi connectivity index (χ4v) is 7.77. The predicted octanol–water partition coefficient (Wildman–Crippen LogP) is 4.83. The van der Waals surface area contributed by atoms with Gasteiger partial charge in [-0.3, -0.25) is 24.1 Å². The monoisotopic (exact) mass is 924 g/mol. The molecular formula is C49H69N11O7. The van der Waals surface area contributed by atoms with Crippen LogP contribution in [-0.4, -0.2) is 122 Å². The van der Waals surface area contributed by atoms with Gasteiger partial charge in [0.25, 0.3) is 17.7 Å². The lowest BCUT2D eigenvalue weighted by atomic mass is 9.96. The number of carbonyl (C=O) groups excluding carboxylic acids is 6. The Balaban J connectivity index is 0.00000191. The number of benzene rings is 1. The third kappa shape index (κ3) is 15.4. The van der Waals surface area contributed by atoms with Gasteiger partial charge in [0, 0.05) is 87.8 Å². The number of imide groups is 1. The lowest BCUT2D eigenvalue weighted by Crippen LogP contribution is -2.43. The lowest BCUT2D eigenvalue weighted by molar-refractivity contribution is -0.143. The van der Waals surface area contributed by atoms with Crippen LogP contribution < -0.4 is 36.8 Å². The van der Waals surface area contributed by atoms with Crippen molar-refractivity contribution < 1.29 is 33.9 Å². The summed E-state index contributed by atoms with van der Waals surface area (Å²) in [6.45, 7) is 13.2. The Morgan fingerprint density at radius 1 is 0.910 bits per heavy atom. The number of rotatable bonds is 24. The number of aryl methyl sites for hydroxylation is 2. The van der Waals surface area contributed by atoms with E-state index < -0.39 is 17.9 Å². The van der Waals surface area contributed by atoms with Gasteiger partial charge in [-0.2, -0.15) is 4.98 Å². The van der Waals surface area contributed by atoms with Crippen LogP contribution in [0.4, 0.5) is 29.0 Å². The summed E-state index contributed by atoms with van der Waals surface area (Å²) < 4.78 is 0. The summed E-state index contributed by atoms with van der Waals surface area (Å²) in [6, 6.07) is 11.1. The third-order valence-corrected chi connectivity index (χ3v) is 11.1. The second-order valence-electron chi connectivity index (χ2n) is 15.2. The molecule has 1 unspecified atom stereocenters. The van der Waals surface area contributed by atoms with Crippen LogP contribution in [0.2, 0.25) is 0 Å². The van der Waals surface area contributed by atoms with Gasteiger partial charge in [-0.25, -0.2) is 9.97 Å². The number of likely N-dealkylation sites (N-methyl/N-ethyl adjacent to an activating group) is 1. The van der Waals surface area contributed by atoms with Crippen LogP contribution >= 0.6 is 0 Å². The van der Waals surface area contributed by atoms with Gasteiger partial charge in [0.2, 0.25) is 11.9 Å². The first kappa shape index (κ1) is 54.5. The number of pyridine rings is 1. The Labute approximate surface area is 394 Å². The Bertz CT molecular complexity index is 2180. The molecule has 67 heavy (non-hydrogen) atoms. The number of amides is 4. The van der Waals surface area contributed by atoms with E-state index in [0.29, 0.717) is 72.2 Å². The molecule has 2 aromatic heterocycles. The van der Waals surface area contributed by atoms with Crippen molar-refractivity contribution in [3.8, 4) is 0 Å². The molecule has 0 spiro atoms. The highest BCUT2D eigenvalue weighted by molar-refractivity contribution is 6.22. The van der Waals surface area contributed by atoms with E-state index in [4.69, 9.17) is 14.9 Å². The first-order valence-electron chi connectivity index (χ1n) is 23.0. The molecule has 1 aromatic carbocycles. The number of aliphatic hydroxyl groups excluding tert-OH is 1. The maximum Gasteiger partial charge on any atom is 0.263 e. The number of hydrogen-bond acceptors (Lipinski definition) is 15. The summed E-state index contributed by atoms with van der Waals surface area (Å²) in [5.74, 6) is -0.183. The van der Waals surface area contributed by atoms with Crippen molar-refractivity contribution in [2.45, 2.75) is 90.5 Å². The third-order valence-electron chi connectivity index (χ3n) is 11.1. The fourth-order valence-electron chi connectivity index (χ4n) is 7.77. The molecule has 362 valence electrons. The smallest absolute Gasteiger partial charge is 0.263 e. The minimum absolute atomic E-state index is 0.0425. The number of aromatic nitrogens is 3. The lowest BCUT2D eigenvalue weighted by Gasteiger charge is -2.25. The number of anilines is 5. The zero-order valence-corrected chi connectivity index (χ0v) is 39.7. The quantitative estimate of drug-likeness (QED) is 0.0276. The van der Waals surface area contributed by atoms with Crippen molar-refractivity contribution in [2.24, 2.45) is 0 Å².